The lowest BCUT2D eigenvalue weighted by Gasteiger charge is -2.24. The van der Waals surface area contributed by atoms with Crippen molar-refractivity contribution in [3.63, 3.8) is 0 Å². The topological polar surface area (TPSA) is 88.1 Å². The highest BCUT2D eigenvalue weighted by molar-refractivity contribution is 7.92. The Balaban J connectivity index is 1.76. The van der Waals surface area contributed by atoms with E-state index < -0.39 is 22.5 Å². The van der Waals surface area contributed by atoms with Gasteiger partial charge in [-0.15, -0.1) is 0 Å². The highest BCUT2D eigenvalue weighted by atomic mass is 32.2. The van der Waals surface area contributed by atoms with Crippen LogP contribution in [0.5, 0.6) is 5.75 Å². The predicted octanol–water partition coefficient (Wildman–Crippen LogP) is 4.32. The second kappa shape index (κ2) is 11.5. The van der Waals surface area contributed by atoms with Crippen LogP contribution in [0.15, 0.2) is 88.9 Å². The smallest absolute Gasteiger partial charge is 0.264 e. The molecule has 0 atom stereocenters. The number of ether oxygens (including phenoxy) is 1. The fourth-order valence-corrected chi connectivity index (χ4v) is 4.67. The van der Waals surface area contributed by atoms with Gasteiger partial charge in [-0.1, -0.05) is 48.0 Å². The van der Waals surface area contributed by atoms with Crippen molar-refractivity contribution >= 4 is 27.3 Å². The van der Waals surface area contributed by atoms with Gasteiger partial charge in [-0.25, -0.2) is 13.8 Å². The number of rotatable bonds is 10. The fourth-order valence-electron chi connectivity index (χ4n) is 3.25. The summed E-state index contributed by atoms with van der Waals surface area (Å²) in [6, 6.07) is 23.0. The van der Waals surface area contributed by atoms with Gasteiger partial charge in [0.15, 0.2) is 0 Å². The highest BCUT2D eigenvalue weighted by Crippen LogP contribution is 2.26. The number of hydrogen-bond acceptors (Lipinski definition) is 5. The van der Waals surface area contributed by atoms with E-state index >= 15 is 0 Å². The lowest BCUT2D eigenvalue weighted by Crippen LogP contribution is -2.39. The van der Waals surface area contributed by atoms with E-state index in [2.05, 4.69) is 10.5 Å². The summed E-state index contributed by atoms with van der Waals surface area (Å²) in [7, 11) is -2.46. The Hall–Kier alpha value is -3.65. The largest absolute Gasteiger partial charge is 0.497 e. The first-order chi connectivity index (χ1) is 16.3. The van der Waals surface area contributed by atoms with Crippen molar-refractivity contribution in [2.75, 3.05) is 18.0 Å². The second-order valence-electron chi connectivity index (χ2n) is 7.89. The van der Waals surface area contributed by atoms with Gasteiger partial charge in [0.05, 0.1) is 17.7 Å². The van der Waals surface area contributed by atoms with E-state index in [-0.39, 0.29) is 4.90 Å². The molecule has 0 spiro atoms. The number of methoxy groups -OCH3 is 1. The van der Waals surface area contributed by atoms with Crippen molar-refractivity contribution < 1.29 is 17.9 Å². The minimum atomic E-state index is -3.99. The number of nitrogens with zero attached hydrogens (tertiary/aromatic N) is 2. The predicted molar refractivity (Wildman–Crippen MR) is 135 cm³/mol. The van der Waals surface area contributed by atoms with Gasteiger partial charge in [0.1, 0.15) is 12.3 Å². The van der Waals surface area contributed by atoms with E-state index in [9.17, 15) is 13.2 Å². The lowest BCUT2D eigenvalue weighted by molar-refractivity contribution is -0.119. The number of hydrogen-bond donors (Lipinski definition) is 1. The molecule has 0 unspecified atom stereocenters. The number of anilines is 1. The highest BCUT2D eigenvalue weighted by Gasteiger charge is 2.27. The third kappa shape index (κ3) is 6.68. The standard InChI is InChI=1S/C26H29N3O4S/c1-20-9-17-25(18-10-20)34(31,32)29(23-13-15-24(33-3)16-14-23)19-26(30)28-27-21(2)11-12-22-7-5-4-6-8-22/h4-10,13-18H,11-12,19H2,1-3H3,(H,28,30). The molecule has 0 fully saturated rings. The summed E-state index contributed by atoms with van der Waals surface area (Å²) >= 11 is 0. The molecule has 0 aliphatic carbocycles. The van der Waals surface area contributed by atoms with Crippen molar-refractivity contribution in [2.45, 2.75) is 31.6 Å². The minimum Gasteiger partial charge on any atom is -0.497 e. The first-order valence-corrected chi connectivity index (χ1v) is 12.3. The SMILES string of the molecule is COc1ccc(N(CC(=O)NN=C(C)CCc2ccccc2)S(=O)(=O)c2ccc(C)cc2)cc1. The molecule has 8 heteroatoms. The zero-order valence-corrected chi connectivity index (χ0v) is 20.4. The summed E-state index contributed by atoms with van der Waals surface area (Å²) in [6.07, 6.45) is 1.47. The molecule has 3 rings (SSSR count). The van der Waals surface area contributed by atoms with Gasteiger partial charge in [0.25, 0.3) is 15.9 Å². The van der Waals surface area contributed by atoms with Crippen LogP contribution in [0, 0.1) is 6.92 Å². The zero-order chi connectivity index (χ0) is 24.6. The third-order valence-electron chi connectivity index (χ3n) is 5.25. The van der Waals surface area contributed by atoms with E-state index in [4.69, 9.17) is 4.74 Å². The monoisotopic (exact) mass is 479 g/mol. The van der Waals surface area contributed by atoms with Crippen LogP contribution in [-0.2, 0) is 21.2 Å². The molecule has 1 amide bonds. The summed E-state index contributed by atoms with van der Waals surface area (Å²) in [5.41, 5.74) is 5.70. The molecule has 0 aliphatic heterocycles. The van der Waals surface area contributed by atoms with Crippen LogP contribution in [0.1, 0.15) is 24.5 Å². The first kappa shape index (κ1) is 25.0. The Bertz CT molecular complexity index is 1220. The summed E-state index contributed by atoms with van der Waals surface area (Å²) in [6.45, 7) is 3.29. The summed E-state index contributed by atoms with van der Waals surface area (Å²) in [5, 5.41) is 4.16. The molecule has 1 N–H and O–H groups in total. The van der Waals surface area contributed by atoms with Gasteiger partial charge < -0.3 is 4.74 Å². The van der Waals surface area contributed by atoms with Crippen molar-refractivity contribution in [1.29, 1.82) is 0 Å². The van der Waals surface area contributed by atoms with Crippen LogP contribution in [0.3, 0.4) is 0 Å². The van der Waals surface area contributed by atoms with Gasteiger partial charge in [0.2, 0.25) is 0 Å². The Morgan fingerprint density at radius 1 is 0.971 bits per heavy atom. The third-order valence-corrected chi connectivity index (χ3v) is 7.03. The Kier molecular flexibility index (Phi) is 8.43. The Labute approximate surface area is 201 Å². The lowest BCUT2D eigenvalue weighted by atomic mass is 10.1. The van der Waals surface area contributed by atoms with Crippen molar-refractivity contribution in [1.82, 2.24) is 5.43 Å². The molecule has 7 nitrogen and oxygen atoms in total. The molecule has 0 bridgehead atoms. The molecule has 0 heterocycles. The maximum absolute atomic E-state index is 13.4. The van der Waals surface area contributed by atoms with Crippen LogP contribution in [0.2, 0.25) is 0 Å². The van der Waals surface area contributed by atoms with Crippen LogP contribution in [0.25, 0.3) is 0 Å². The molecule has 178 valence electrons. The number of hydrazone groups is 1. The average molecular weight is 480 g/mol. The Morgan fingerprint density at radius 2 is 1.62 bits per heavy atom. The maximum atomic E-state index is 13.4. The van der Waals surface area contributed by atoms with Gasteiger partial charge in [0, 0.05) is 5.71 Å². The van der Waals surface area contributed by atoms with Crippen LogP contribution in [0.4, 0.5) is 5.69 Å². The number of aryl methyl sites for hydroxylation is 2. The molecular formula is C26H29N3O4S. The maximum Gasteiger partial charge on any atom is 0.264 e. The summed E-state index contributed by atoms with van der Waals surface area (Å²) in [4.78, 5) is 12.8. The van der Waals surface area contributed by atoms with Crippen LogP contribution < -0.4 is 14.5 Å². The second-order valence-corrected chi connectivity index (χ2v) is 9.75. The van der Waals surface area contributed by atoms with E-state index in [1.807, 2.05) is 44.2 Å². The van der Waals surface area contributed by atoms with E-state index in [0.717, 1.165) is 22.0 Å². The molecule has 3 aromatic rings. The van der Waals surface area contributed by atoms with Crippen molar-refractivity contribution in [3.05, 3.63) is 90.0 Å². The summed E-state index contributed by atoms with van der Waals surface area (Å²) in [5.74, 6) is 0.0464. The normalized spacial score (nSPS) is 11.7. The quantitative estimate of drug-likeness (QED) is 0.346. The molecule has 0 saturated carbocycles. The van der Waals surface area contributed by atoms with E-state index in [1.165, 1.54) is 24.8 Å². The minimum absolute atomic E-state index is 0.101. The van der Waals surface area contributed by atoms with Gasteiger partial charge in [-0.3, -0.25) is 9.10 Å². The van der Waals surface area contributed by atoms with E-state index in [1.54, 1.807) is 36.4 Å². The van der Waals surface area contributed by atoms with Crippen LogP contribution >= 0.6 is 0 Å². The molecule has 0 aromatic heterocycles. The average Bonchev–Trinajstić information content (AvgIpc) is 2.85. The van der Waals surface area contributed by atoms with Gasteiger partial charge in [-0.2, -0.15) is 5.10 Å². The number of benzene rings is 3. The number of nitrogens with one attached hydrogen (secondary N) is 1. The van der Waals surface area contributed by atoms with Gasteiger partial charge in [-0.05, 0) is 68.7 Å². The summed E-state index contributed by atoms with van der Waals surface area (Å²) < 4.78 is 33.1. The van der Waals surface area contributed by atoms with Gasteiger partial charge >= 0.3 is 0 Å². The first-order valence-electron chi connectivity index (χ1n) is 10.9. The molecule has 0 aliphatic rings. The number of amides is 1. The van der Waals surface area contributed by atoms with Crippen molar-refractivity contribution in [3.8, 4) is 5.75 Å². The zero-order valence-electron chi connectivity index (χ0n) is 19.6. The molecule has 34 heavy (non-hydrogen) atoms. The Morgan fingerprint density at radius 3 is 2.24 bits per heavy atom. The van der Waals surface area contributed by atoms with E-state index in [0.29, 0.717) is 17.9 Å². The number of carbonyl (C=O) groups excluding carboxylic acids is 1. The molecule has 0 radical (unpaired) electrons. The number of sulfonamides is 1. The molecule has 0 saturated heterocycles. The number of carbonyl (C=O) groups is 1. The molecule has 3 aromatic carbocycles. The molecular weight excluding hydrogens is 450 g/mol. The van der Waals surface area contributed by atoms with Crippen molar-refractivity contribution in [2.24, 2.45) is 5.10 Å². The van der Waals surface area contributed by atoms with Crippen LogP contribution in [-0.4, -0.2) is 33.7 Å². The fraction of sp³-hybridized carbons (Fsp3) is 0.231.